The summed E-state index contributed by atoms with van der Waals surface area (Å²) in [6.45, 7) is 3.47. The van der Waals surface area contributed by atoms with Crippen molar-refractivity contribution in [2.75, 3.05) is 0 Å². The molecule has 0 unspecified atom stereocenters. The van der Waals surface area contributed by atoms with Gasteiger partial charge in [0.05, 0.1) is 22.8 Å². The summed E-state index contributed by atoms with van der Waals surface area (Å²) < 4.78 is 0. The summed E-state index contributed by atoms with van der Waals surface area (Å²) in [6.07, 6.45) is 6.14. The largest absolute Gasteiger partial charge is 2.00 e. The van der Waals surface area contributed by atoms with E-state index in [-0.39, 0.29) is 28.6 Å². The van der Waals surface area contributed by atoms with Crippen LogP contribution in [0.4, 0.5) is 0 Å². The Labute approximate surface area is 189 Å². The smallest absolute Gasteiger partial charge is 0.267 e. The average molecular weight is 460 g/mol. The van der Waals surface area contributed by atoms with E-state index in [4.69, 9.17) is 0 Å². The molecule has 157 valence electrons. The molecule has 0 fully saturated rings. The quantitative estimate of drug-likeness (QED) is 0.431. The first-order chi connectivity index (χ1) is 14.5. The maximum Gasteiger partial charge on any atom is 2.00 e. The summed E-state index contributed by atoms with van der Waals surface area (Å²) >= 11 is 0. The molecule has 3 aromatic rings. The Hall–Kier alpha value is -3.76. The Bertz CT molecular complexity index is 1020. The minimum Gasteiger partial charge on any atom is -0.267 e. The van der Waals surface area contributed by atoms with Crippen molar-refractivity contribution in [2.45, 2.75) is 13.8 Å². The Balaban J connectivity index is 0.00000341. The van der Waals surface area contributed by atoms with Gasteiger partial charge >= 0.3 is 16.8 Å². The summed E-state index contributed by atoms with van der Waals surface area (Å²) in [6, 6.07) is 11.7. The summed E-state index contributed by atoms with van der Waals surface area (Å²) in [5, 5.41) is 8.21. The molecule has 10 heteroatoms. The fourth-order valence-electron chi connectivity index (χ4n) is 2.36. The van der Waals surface area contributed by atoms with E-state index in [1.807, 2.05) is 0 Å². The third-order valence-corrected chi connectivity index (χ3v) is 4.03. The fourth-order valence-corrected chi connectivity index (χ4v) is 2.36. The van der Waals surface area contributed by atoms with Crippen molar-refractivity contribution in [1.29, 1.82) is 0 Å². The van der Waals surface area contributed by atoms with Gasteiger partial charge in [-0.15, -0.1) is 0 Å². The second-order valence-corrected chi connectivity index (χ2v) is 6.16. The monoisotopic (exact) mass is 460 g/mol. The first kappa shape index (κ1) is 23.5. The SMILES string of the molecule is CC(=NNC(=O)c1ccncc1)c1cccc(C(C)=NNC(=O)c2ccncc2)n1.[Co+2]. The topological polar surface area (TPSA) is 122 Å². The molecule has 0 atom stereocenters. The van der Waals surface area contributed by atoms with Crippen LogP contribution in [0.2, 0.25) is 0 Å². The van der Waals surface area contributed by atoms with Crippen LogP contribution >= 0.6 is 0 Å². The van der Waals surface area contributed by atoms with Crippen molar-refractivity contribution in [3.8, 4) is 0 Å². The maximum atomic E-state index is 12.1. The molecule has 2 amide bonds. The standard InChI is InChI=1S/C21H19N7O2.Co/c1-14(25-27-20(29)16-6-10-22-11-7-16)18-4-3-5-19(24-18)15(2)26-28-21(30)17-8-12-23-13-9-17;/h3-13H,1-2H3,(H,27,29)(H,28,30);/q;+2. The molecule has 3 heterocycles. The van der Waals surface area contributed by atoms with Crippen molar-refractivity contribution in [3.63, 3.8) is 0 Å². The second-order valence-electron chi connectivity index (χ2n) is 6.16. The Morgan fingerprint density at radius 1 is 0.710 bits per heavy atom. The van der Waals surface area contributed by atoms with Crippen molar-refractivity contribution in [2.24, 2.45) is 10.2 Å². The Morgan fingerprint density at radius 3 is 1.48 bits per heavy atom. The van der Waals surface area contributed by atoms with Gasteiger partial charge in [0, 0.05) is 35.9 Å². The van der Waals surface area contributed by atoms with Gasteiger partial charge < -0.3 is 0 Å². The summed E-state index contributed by atoms with van der Waals surface area (Å²) in [7, 11) is 0. The summed E-state index contributed by atoms with van der Waals surface area (Å²) in [5.74, 6) is -0.686. The van der Waals surface area contributed by atoms with Crippen LogP contribution in [0.15, 0.2) is 77.5 Å². The fraction of sp³-hybridized carbons (Fsp3) is 0.0952. The van der Waals surface area contributed by atoms with Crippen molar-refractivity contribution < 1.29 is 26.4 Å². The molecular weight excluding hydrogens is 441 g/mol. The number of hydrogen-bond donors (Lipinski definition) is 2. The number of rotatable bonds is 6. The van der Waals surface area contributed by atoms with Gasteiger partial charge in [0.1, 0.15) is 0 Å². The molecule has 0 saturated heterocycles. The molecule has 1 radical (unpaired) electrons. The third kappa shape index (κ3) is 6.62. The average Bonchev–Trinajstić information content (AvgIpc) is 2.81. The van der Waals surface area contributed by atoms with E-state index in [0.29, 0.717) is 33.9 Å². The van der Waals surface area contributed by atoms with Crippen molar-refractivity contribution in [3.05, 3.63) is 89.8 Å². The minimum atomic E-state index is -0.343. The van der Waals surface area contributed by atoms with Gasteiger partial charge in [0.2, 0.25) is 0 Å². The van der Waals surface area contributed by atoms with Gasteiger partial charge in [-0.05, 0) is 50.2 Å². The zero-order chi connectivity index (χ0) is 21.3. The molecule has 3 rings (SSSR count). The predicted molar refractivity (Wildman–Crippen MR) is 112 cm³/mol. The number of carbonyl (C=O) groups excluding carboxylic acids is 2. The molecule has 0 saturated carbocycles. The van der Waals surface area contributed by atoms with E-state index >= 15 is 0 Å². The van der Waals surface area contributed by atoms with Crippen LogP contribution in [0.3, 0.4) is 0 Å². The predicted octanol–water partition coefficient (Wildman–Crippen LogP) is 2.18. The number of pyridine rings is 3. The zero-order valence-corrected chi connectivity index (χ0v) is 17.8. The van der Waals surface area contributed by atoms with Crippen LogP contribution in [-0.2, 0) is 16.8 Å². The maximum absolute atomic E-state index is 12.1. The van der Waals surface area contributed by atoms with Crippen molar-refractivity contribution >= 4 is 23.2 Å². The molecule has 9 nitrogen and oxygen atoms in total. The first-order valence-corrected chi connectivity index (χ1v) is 9.01. The van der Waals surface area contributed by atoms with Crippen LogP contribution in [0.5, 0.6) is 0 Å². The number of nitrogens with one attached hydrogen (secondary N) is 2. The minimum absolute atomic E-state index is 0. The van der Waals surface area contributed by atoms with Crippen LogP contribution in [0.25, 0.3) is 0 Å². The molecule has 31 heavy (non-hydrogen) atoms. The van der Waals surface area contributed by atoms with Crippen LogP contribution in [-0.4, -0.2) is 38.2 Å². The van der Waals surface area contributed by atoms with Gasteiger partial charge in [0.25, 0.3) is 11.8 Å². The molecule has 0 aliphatic rings. The van der Waals surface area contributed by atoms with Gasteiger partial charge in [-0.2, -0.15) is 10.2 Å². The van der Waals surface area contributed by atoms with Crippen LogP contribution in [0.1, 0.15) is 46.0 Å². The van der Waals surface area contributed by atoms with Gasteiger partial charge in [-0.3, -0.25) is 19.6 Å². The Morgan fingerprint density at radius 2 is 1.10 bits per heavy atom. The molecule has 0 bridgehead atoms. The van der Waals surface area contributed by atoms with E-state index in [9.17, 15) is 9.59 Å². The van der Waals surface area contributed by atoms with E-state index in [0.717, 1.165) is 0 Å². The molecule has 0 aliphatic heterocycles. The van der Waals surface area contributed by atoms with Crippen LogP contribution in [0, 0.1) is 0 Å². The summed E-state index contributed by atoms with van der Waals surface area (Å²) in [5.41, 5.74) is 8.07. The molecule has 0 aliphatic carbocycles. The molecule has 0 aromatic carbocycles. The molecule has 3 aromatic heterocycles. The normalized spacial score (nSPS) is 11.3. The Kier molecular flexibility index (Phi) is 8.67. The zero-order valence-electron chi connectivity index (χ0n) is 16.7. The van der Waals surface area contributed by atoms with E-state index in [2.05, 4.69) is 36.0 Å². The van der Waals surface area contributed by atoms with E-state index in [1.165, 1.54) is 24.8 Å². The van der Waals surface area contributed by atoms with E-state index < -0.39 is 0 Å². The molecule has 2 N–H and O–H groups in total. The number of hydrazone groups is 2. The molecule has 0 spiro atoms. The second kappa shape index (κ2) is 11.4. The van der Waals surface area contributed by atoms with E-state index in [1.54, 1.807) is 56.3 Å². The van der Waals surface area contributed by atoms with Crippen molar-refractivity contribution in [1.82, 2.24) is 25.8 Å². The summed E-state index contributed by atoms with van der Waals surface area (Å²) in [4.78, 5) is 36.4. The number of aromatic nitrogens is 3. The third-order valence-electron chi connectivity index (χ3n) is 4.03. The number of nitrogens with zero attached hydrogens (tertiary/aromatic N) is 5. The first-order valence-electron chi connectivity index (χ1n) is 9.01. The van der Waals surface area contributed by atoms with Gasteiger partial charge in [-0.1, -0.05) is 6.07 Å². The number of amides is 2. The number of hydrogen-bond acceptors (Lipinski definition) is 7. The molecular formula is C21H19CoN7O2+2. The van der Waals surface area contributed by atoms with Gasteiger partial charge in [0.15, 0.2) is 0 Å². The number of carbonyl (C=O) groups is 2. The van der Waals surface area contributed by atoms with Gasteiger partial charge in [-0.25, -0.2) is 15.8 Å². The van der Waals surface area contributed by atoms with Crippen LogP contribution < -0.4 is 10.9 Å².